The summed E-state index contributed by atoms with van der Waals surface area (Å²) in [5, 5.41) is 2.73. The van der Waals surface area contributed by atoms with Gasteiger partial charge in [0.2, 0.25) is 5.91 Å². The van der Waals surface area contributed by atoms with Crippen LogP contribution in [0, 0.1) is 0 Å². The summed E-state index contributed by atoms with van der Waals surface area (Å²) in [6, 6.07) is 15.8. The number of hydrazine groups is 1. The van der Waals surface area contributed by atoms with Gasteiger partial charge in [-0.1, -0.05) is 6.92 Å². The number of hydrogen-bond acceptors (Lipinski definition) is 4. The third-order valence-corrected chi connectivity index (χ3v) is 3.62. The Labute approximate surface area is 129 Å². The summed E-state index contributed by atoms with van der Waals surface area (Å²) < 4.78 is 0. The molecule has 0 saturated carbocycles. The summed E-state index contributed by atoms with van der Waals surface area (Å²) in [5.41, 5.74) is 8.98. The van der Waals surface area contributed by atoms with Crippen LogP contribution in [0.4, 0.5) is 17.1 Å². The van der Waals surface area contributed by atoms with E-state index in [1.54, 1.807) is 0 Å². The van der Waals surface area contributed by atoms with Gasteiger partial charge in [0.25, 0.3) is 0 Å². The molecule has 1 amide bonds. The monoisotopic (exact) mass is 301 g/mol. The molecule has 0 atom stereocenters. The van der Waals surface area contributed by atoms with Crippen molar-refractivity contribution >= 4 is 34.7 Å². The lowest BCUT2D eigenvalue weighted by Gasteiger charge is -2.11. The number of hydrogen-bond donors (Lipinski definition) is 3. The fraction of sp³-hybridized carbons (Fsp3) is 0.188. The van der Waals surface area contributed by atoms with Gasteiger partial charge < -0.3 is 16.2 Å². The predicted octanol–water partition coefficient (Wildman–Crippen LogP) is 4.20. The van der Waals surface area contributed by atoms with Gasteiger partial charge in [0.05, 0.1) is 11.4 Å². The average molecular weight is 301 g/mol. The molecule has 2 rings (SSSR count). The minimum absolute atomic E-state index is 0.0705. The largest absolute Gasteiger partial charge is 0.326 e. The standard InChI is InChI=1S/C16H19N3OS/c1-3-21-16-10-8-15(9-11-16)19-18-14-6-4-13(5-7-14)17-12(2)20/h4-11,18-19H,3H2,1-2H3,(H,17,20). The second-order valence-corrected chi connectivity index (χ2v) is 5.80. The first-order valence-corrected chi connectivity index (χ1v) is 7.78. The van der Waals surface area contributed by atoms with Crippen LogP contribution < -0.4 is 16.2 Å². The van der Waals surface area contributed by atoms with E-state index < -0.39 is 0 Å². The van der Waals surface area contributed by atoms with E-state index in [1.165, 1.54) is 11.8 Å². The van der Waals surface area contributed by atoms with Crippen molar-refractivity contribution in [2.24, 2.45) is 0 Å². The Hall–Kier alpha value is -2.14. The highest BCUT2D eigenvalue weighted by molar-refractivity contribution is 7.99. The van der Waals surface area contributed by atoms with Gasteiger partial charge in [-0.3, -0.25) is 4.79 Å². The van der Waals surface area contributed by atoms with Crippen molar-refractivity contribution in [2.75, 3.05) is 21.9 Å². The molecule has 3 N–H and O–H groups in total. The molecule has 5 heteroatoms. The Morgan fingerprint density at radius 1 is 0.905 bits per heavy atom. The summed E-state index contributed by atoms with van der Waals surface area (Å²) in [6.45, 7) is 3.64. The van der Waals surface area contributed by atoms with E-state index >= 15 is 0 Å². The molecule has 4 nitrogen and oxygen atoms in total. The number of nitrogens with one attached hydrogen (secondary N) is 3. The van der Waals surface area contributed by atoms with Crippen LogP contribution >= 0.6 is 11.8 Å². The highest BCUT2D eigenvalue weighted by Gasteiger charge is 1.97. The van der Waals surface area contributed by atoms with Crippen LogP contribution in [0.5, 0.6) is 0 Å². The van der Waals surface area contributed by atoms with Gasteiger partial charge in [-0.25, -0.2) is 0 Å². The fourth-order valence-corrected chi connectivity index (χ4v) is 2.45. The molecule has 0 heterocycles. The normalized spacial score (nSPS) is 10.0. The predicted molar refractivity (Wildman–Crippen MR) is 90.8 cm³/mol. The van der Waals surface area contributed by atoms with Crippen molar-refractivity contribution in [1.82, 2.24) is 0 Å². The van der Waals surface area contributed by atoms with Crippen LogP contribution in [0.2, 0.25) is 0 Å². The quantitative estimate of drug-likeness (QED) is 0.553. The topological polar surface area (TPSA) is 53.2 Å². The van der Waals surface area contributed by atoms with Crippen LogP contribution in [-0.4, -0.2) is 11.7 Å². The van der Waals surface area contributed by atoms with Crippen molar-refractivity contribution < 1.29 is 4.79 Å². The molecule has 0 saturated heterocycles. The summed E-state index contributed by atoms with van der Waals surface area (Å²) >= 11 is 1.82. The van der Waals surface area contributed by atoms with Crippen LogP contribution in [-0.2, 0) is 4.79 Å². The van der Waals surface area contributed by atoms with Crippen LogP contribution in [0.3, 0.4) is 0 Å². The molecule has 110 valence electrons. The van der Waals surface area contributed by atoms with Gasteiger partial charge in [0, 0.05) is 17.5 Å². The molecule has 2 aromatic carbocycles. The highest BCUT2D eigenvalue weighted by atomic mass is 32.2. The summed E-state index contributed by atoms with van der Waals surface area (Å²) in [5.74, 6) is 1.00. The van der Waals surface area contributed by atoms with Gasteiger partial charge in [-0.15, -0.1) is 11.8 Å². The van der Waals surface area contributed by atoms with E-state index in [2.05, 4.69) is 35.2 Å². The molecule has 0 aliphatic heterocycles. The average Bonchev–Trinajstić information content (AvgIpc) is 2.48. The van der Waals surface area contributed by atoms with Gasteiger partial charge in [0.1, 0.15) is 0 Å². The molecule has 2 aromatic rings. The molecular formula is C16H19N3OS. The Morgan fingerprint density at radius 2 is 1.38 bits per heavy atom. The molecule has 21 heavy (non-hydrogen) atoms. The first kappa shape index (κ1) is 15.3. The summed E-state index contributed by atoms with van der Waals surface area (Å²) in [4.78, 5) is 12.2. The van der Waals surface area contributed by atoms with Gasteiger partial charge in [-0.05, 0) is 54.3 Å². The van der Waals surface area contributed by atoms with Crippen LogP contribution in [0.1, 0.15) is 13.8 Å². The lowest BCUT2D eigenvalue weighted by Crippen LogP contribution is -2.09. The molecule has 0 aromatic heterocycles. The van der Waals surface area contributed by atoms with Crippen LogP contribution in [0.15, 0.2) is 53.4 Å². The van der Waals surface area contributed by atoms with Gasteiger partial charge >= 0.3 is 0 Å². The fourth-order valence-electron chi connectivity index (χ4n) is 1.79. The molecule has 0 fully saturated rings. The lowest BCUT2D eigenvalue weighted by atomic mass is 10.3. The molecule has 0 aliphatic carbocycles. The van der Waals surface area contributed by atoms with E-state index in [-0.39, 0.29) is 5.91 Å². The maximum Gasteiger partial charge on any atom is 0.221 e. The summed E-state index contributed by atoms with van der Waals surface area (Å²) in [6.07, 6.45) is 0. The number of carbonyl (C=O) groups excluding carboxylic acids is 1. The van der Waals surface area contributed by atoms with E-state index in [1.807, 2.05) is 48.2 Å². The van der Waals surface area contributed by atoms with Crippen molar-refractivity contribution in [3.8, 4) is 0 Å². The van der Waals surface area contributed by atoms with Crippen molar-refractivity contribution in [3.05, 3.63) is 48.5 Å². The van der Waals surface area contributed by atoms with E-state index in [4.69, 9.17) is 0 Å². The third-order valence-electron chi connectivity index (χ3n) is 2.72. The van der Waals surface area contributed by atoms with E-state index in [0.717, 1.165) is 22.8 Å². The second-order valence-electron chi connectivity index (χ2n) is 4.47. The third kappa shape index (κ3) is 5.04. The Morgan fingerprint density at radius 3 is 1.86 bits per heavy atom. The smallest absolute Gasteiger partial charge is 0.221 e. The Balaban J connectivity index is 1.88. The minimum atomic E-state index is -0.0705. The SMILES string of the molecule is CCSc1ccc(NNc2ccc(NC(C)=O)cc2)cc1. The van der Waals surface area contributed by atoms with Crippen molar-refractivity contribution in [3.63, 3.8) is 0 Å². The molecular weight excluding hydrogens is 282 g/mol. The minimum Gasteiger partial charge on any atom is -0.326 e. The number of amides is 1. The van der Waals surface area contributed by atoms with E-state index in [9.17, 15) is 4.79 Å². The number of carbonyl (C=O) groups is 1. The Kier molecular flexibility index (Phi) is 5.51. The van der Waals surface area contributed by atoms with Crippen molar-refractivity contribution in [2.45, 2.75) is 18.7 Å². The molecule has 0 bridgehead atoms. The molecule has 0 radical (unpaired) electrons. The lowest BCUT2D eigenvalue weighted by molar-refractivity contribution is -0.114. The number of anilines is 3. The number of benzene rings is 2. The second kappa shape index (κ2) is 7.59. The number of rotatable bonds is 6. The molecule has 0 spiro atoms. The highest BCUT2D eigenvalue weighted by Crippen LogP contribution is 2.20. The molecule has 0 aliphatic rings. The van der Waals surface area contributed by atoms with Gasteiger partial charge in [0.15, 0.2) is 0 Å². The van der Waals surface area contributed by atoms with E-state index in [0.29, 0.717) is 0 Å². The maximum atomic E-state index is 10.9. The zero-order valence-electron chi connectivity index (χ0n) is 12.1. The first-order valence-electron chi connectivity index (χ1n) is 6.80. The maximum absolute atomic E-state index is 10.9. The van der Waals surface area contributed by atoms with Gasteiger partial charge in [-0.2, -0.15) is 0 Å². The zero-order chi connectivity index (χ0) is 15.1. The van der Waals surface area contributed by atoms with Crippen LogP contribution in [0.25, 0.3) is 0 Å². The first-order chi connectivity index (χ1) is 10.2. The molecule has 0 unspecified atom stereocenters. The van der Waals surface area contributed by atoms with Crippen molar-refractivity contribution in [1.29, 1.82) is 0 Å². The zero-order valence-corrected chi connectivity index (χ0v) is 13.0. The number of thioether (sulfide) groups is 1. The summed E-state index contributed by atoms with van der Waals surface area (Å²) in [7, 11) is 0. The Bertz CT molecular complexity index is 581.